The van der Waals surface area contributed by atoms with Crippen LogP contribution in [0.5, 0.6) is 11.5 Å². The fourth-order valence-corrected chi connectivity index (χ4v) is 4.71. The van der Waals surface area contributed by atoms with E-state index in [0.29, 0.717) is 41.4 Å². The molecule has 0 aliphatic heterocycles. The first kappa shape index (κ1) is 24.7. The number of rotatable bonds is 8. The van der Waals surface area contributed by atoms with Crippen molar-refractivity contribution in [3.05, 3.63) is 122 Å². The zero-order valence-electron chi connectivity index (χ0n) is 20.2. The van der Waals surface area contributed by atoms with Crippen molar-refractivity contribution < 1.29 is 9.47 Å². The van der Waals surface area contributed by atoms with Crippen LogP contribution in [0.4, 0.5) is 0 Å². The van der Waals surface area contributed by atoms with Gasteiger partial charge >= 0.3 is 0 Å². The van der Waals surface area contributed by atoms with E-state index in [4.69, 9.17) is 14.5 Å². The summed E-state index contributed by atoms with van der Waals surface area (Å²) in [4.78, 5) is 18.2. The van der Waals surface area contributed by atoms with E-state index >= 15 is 0 Å². The number of benzene rings is 4. The summed E-state index contributed by atoms with van der Waals surface area (Å²) in [5.74, 6) is 1.78. The Morgan fingerprint density at radius 1 is 0.919 bits per heavy atom. The fourth-order valence-electron chi connectivity index (χ4n) is 3.92. The third kappa shape index (κ3) is 5.56. The minimum Gasteiger partial charge on any atom is -0.490 e. The summed E-state index contributed by atoms with van der Waals surface area (Å²) >= 11 is 2.24. The van der Waals surface area contributed by atoms with Crippen molar-refractivity contribution in [2.24, 2.45) is 5.10 Å². The van der Waals surface area contributed by atoms with Crippen molar-refractivity contribution in [1.82, 2.24) is 9.66 Å². The molecule has 0 radical (unpaired) electrons. The summed E-state index contributed by atoms with van der Waals surface area (Å²) in [7, 11) is 0. The van der Waals surface area contributed by atoms with Gasteiger partial charge in [0.25, 0.3) is 5.56 Å². The van der Waals surface area contributed by atoms with E-state index in [0.717, 1.165) is 20.3 Å². The van der Waals surface area contributed by atoms with Crippen LogP contribution in [0.2, 0.25) is 0 Å². The van der Waals surface area contributed by atoms with Gasteiger partial charge in [0.15, 0.2) is 17.3 Å². The van der Waals surface area contributed by atoms with E-state index in [1.165, 1.54) is 4.68 Å². The lowest BCUT2D eigenvalue weighted by Crippen LogP contribution is -2.20. The number of hydrogen-bond acceptors (Lipinski definition) is 5. The smallest absolute Gasteiger partial charge is 0.282 e. The Kier molecular flexibility index (Phi) is 7.60. The molecular formula is C30H24IN3O3. The maximum Gasteiger partial charge on any atom is 0.282 e. The molecule has 0 fully saturated rings. The van der Waals surface area contributed by atoms with Gasteiger partial charge in [-0.1, -0.05) is 72.8 Å². The van der Waals surface area contributed by atoms with E-state index in [1.54, 1.807) is 12.3 Å². The lowest BCUT2D eigenvalue weighted by Gasteiger charge is -2.15. The molecule has 0 atom stereocenters. The van der Waals surface area contributed by atoms with Gasteiger partial charge in [-0.3, -0.25) is 4.79 Å². The van der Waals surface area contributed by atoms with Crippen LogP contribution in [0.3, 0.4) is 0 Å². The quantitative estimate of drug-likeness (QED) is 0.150. The Hall–Kier alpha value is -3.98. The van der Waals surface area contributed by atoms with Crippen LogP contribution in [0.15, 0.2) is 107 Å². The highest BCUT2D eigenvalue weighted by Crippen LogP contribution is 2.34. The second-order valence-corrected chi connectivity index (χ2v) is 9.38. The van der Waals surface area contributed by atoms with Crippen LogP contribution in [-0.4, -0.2) is 22.5 Å². The average molecular weight is 601 g/mol. The maximum atomic E-state index is 13.4. The Balaban J connectivity index is 1.54. The molecule has 0 bridgehead atoms. The fraction of sp³-hybridized carbons (Fsp3) is 0.100. The third-order valence-electron chi connectivity index (χ3n) is 5.67. The SMILES string of the molecule is CCOc1cc(C=Nn2c(-c3ccccc3)nc3ccccc3c2=O)cc(I)c1OCc1ccccc1. The van der Waals surface area contributed by atoms with Gasteiger partial charge in [0.1, 0.15) is 6.61 Å². The Labute approximate surface area is 228 Å². The molecule has 0 aliphatic rings. The van der Waals surface area contributed by atoms with Crippen LogP contribution >= 0.6 is 22.6 Å². The lowest BCUT2D eigenvalue weighted by atomic mass is 10.2. The molecule has 0 spiro atoms. The number of ether oxygens (including phenoxy) is 2. The monoisotopic (exact) mass is 601 g/mol. The summed E-state index contributed by atoms with van der Waals surface area (Å²) in [6.45, 7) is 2.86. The second kappa shape index (κ2) is 11.4. The highest BCUT2D eigenvalue weighted by molar-refractivity contribution is 14.1. The second-order valence-electron chi connectivity index (χ2n) is 8.22. The molecule has 5 rings (SSSR count). The molecule has 184 valence electrons. The molecule has 5 aromatic rings. The highest BCUT2D eigenvalue weighted by Gasteiger charge is 2.14. The van der Waals surface area contributed by atoms with E-state index in [2.05, 4.69) is 27.7 Å². The van der Waals surface area contributed by atoms with Crippen molar-refractivity contribution >= 4 is 39.7 Å². The third-order valence-corrected chi connectivity index (χ3v) is 6.47. The molecule has 0 unspecified atom stereocenters. The van der Waals surface area contributed by atoms with E-state index in [9.17, 15) is 4.79 Å². The van der Waals surface area contributed by atoms with Crippen molar-refractivity contribution in [2.45, 2.75) is 13.5 Å². The minimum absolute atomic E-state index is 0.233. The first-order valence-corrected chi connectivity index (χ1v) is 13.0. The normalized spacial score (nSPS) is 11.2. The van der Waals surface area contributed by atoms with Crippen molar-refractivity contribution in [3.8, 4) is 22.9 Å². The standard InChI is InChI=1S/C30H24IN3O3/c1-2-36-27-18-22(17-25(31)28(27)37-20-21-11-5-3-6-12-21)19-32-34-29(23-13-7-4-8-14-23)33-26-16-10-9-15-24(26)30(34)35/h3-19H,2,20H2,1H3. The summed E-state index contributed by atoms with van der Waals surface area (Å²) in [6.07, 6.45) is 1.65. The number of hydrogen-bond donors (Lipinski definition) is 0. The summed E-state index contributed by atoms with van der Waals surface area (Å²) in [5, 5.41) is 5.09. The number of aromatic nitrogens is 2. The van der Waals surface area contributed by atoms with Crippen LogP contribution in [0.25, 0.3) is 22.3 Å². The molecule has 1 aromatic heterocycles. The van der Waals surface area contributed by atoms with E-state index in [1.807, 2.05) is 97.9 Å². The zero-order valence-corrected chi connectivity index (χ0v) is 22.3. The Bertz CT molecular complexity index is 1620. The first-order valence-electron chi connectivity index (χ1n) is 11.9. The molecule has 0 amide bonds. The molecule has 0 N–H and O–H groups in total. The van der Waals surface area contributed by atoms with Gasteiger partial charge in [-0.25, -0.2) is 4.98 Å². The number of fused-ring (bicyclic) bond motifs is 1. The van der Waals surface area contributed by atoms with E-state index < -0.39 is 0 Å². The Morgan fingerprint density at radius 2 is 1.62 bits per heavy atom. The van der Waals surface area contributed by atoms with Crippen molar-refractivity contribution in [1.29, 1.82) is 0 Å². The summed E-state index contributed by atoms with van der Waals surface area (Å²) < 4.78 is 14.3. The molecule has 7 heteroatoms. The van der Waals surface area contributed by atoms with Gasteiger partial charge in [-0.15, -0.1) is 0 Å². The molecule has 37 heavy (non-hydrogen) atoms. The maximum absolute atomic E-state index is 13.4. The first-order chi connectivity index (χ1) is 18.1. The molecular weight excluding hydrogens is 577 g/mol. The van der Waals surface area contributed by atoms with Crippen molar-refractivity contribution in [3.63, 3.8) is 0 Å². The van der Waals surface area contributed by atoms with Crippen molar-refractivity contribution in [2.75, 3.05) is 6.61 Å². The molecule has 0 aliphatic carbocycles. The van der Waals surface area contributed by atoms with Crippen LogP contribution in [0, 0.1) is 3.57 Å². The largest absolute Gasteiger partial charge is 0.490 e. The molecule has 0 saturated carbocycles. The average Bonchev–Trinajstić information content (AvgIpc) is 2.93. The highest BCUT2D eigenvalue weighted by atomic mass is 127. The number of nitrogens with zero attached hydrogens (tertiary/aromatic N) is 3. The van der Waals surface area contributed by atoms with Gasteiger partial charge in [-0.05, 0) is 64.9 Å². The minimum atomic E-state index is -0.233. The molecule has 6 nitrogen and oxygen atoms in total. The molecule has 1 heterocycles. The summed E-state index contributed by atoms with van der Waals surface area (Å²) in [6, 6.07) is 30.7. The topological polar surface area (TPSA) is 65.7 Å². The molecule has 4 aromatic carbocycles. The van der Waals surface area contributed by atoms with E-state index in [-0.39, 0.29) is 5.56 Å². The predicted molar refractivity (Wildman–Crippen MR) is 156 cm³/mol. The Morgan fingerprint density at radius 3 is 2.38 bits per heavy atom. The van der Waals surface area contributed by atoms with Crippen LogP contribution in [-0.2, 0) is 6.61 Å². The van der Waals surface area contributed by atoms with Gasteiger partial charge in [-0.2, -0.15) is 9.78 Å². The zero-order chi connectivity index (χ0) is 25.6. The van der Waals surface area contributed by atoms with Gasteiger partial charge < -0.3 is 9.47 Å². The van der Waals surface area contributed by atoms with Crippen LogP contribution < -0.4 is 15.0 Å². The number of para-hydroxylation sites is 1. The summed E-state index contributed by atoms with van der Waals surface area (Å²) in [5.41, 5.74) is 3.05. The lowest BCUT2D eigenvalue weighted by molar-refractivity contribution is 0.267. The van der Waals surface area contributed by atoms with Gasteiger partial charge in [0.2, 0.25) is 0 Å². The van der Waals surface area contributed by atoms with Crippen LogP contribution in [0.1, 0.15) is 18.1 Å². The number of halogens is 1. The predicted octanol–water partition coefficient (Wildman–Crippen LogP) is 6.53. The van der Waals surface area contributed by atoms with Gasteiger partial charge in [0.05, 0.1) is 27.3 Å². The molecule has 0 saturated heterocycles. The van der Waals surface area contributed by atoms with Gasteiger partial charge in [0, 0.05) is 5.56 Å².